The Bertz CT molecular complexity index is 1620. The Labute approximate surface area is 233 Å². The Morgan fingerprint density at radius 2 is 1.63 bits per heavy atom. The molecule has 6 nitrogen and oxygen atoms in total. The minimum Gasteiger partial charge on any atom is -0.301 e. The van der Waals surface area contributed by atoms with Crippen molar-refractivity contribution in [3.05, 3.63) is 113 Å². The third kappa shape index (κ3) is 6.33. The van der Waals surface area contributed by atoms with E-state index >= 15 is 0 Å². The van der Waals surface area contributed by atoms with Crippen molar-refractivity contribution in [2.75, 3.05) is 10.0 Å². The van der Waals surface area contributed by atoms with Crippen LogP contribution in [0.1, 0.15) is 16.4 Å². The minimum atomic E-state index is -3.63. The number of aryl methyl sites for hydroxylation is 1. The zero-order valence-corrected chi connectivity index (χ0v) is 23.5. The van der Waals surface area contributed by atoms with E-state index in [0.717, 1.165) is 33.1 Å². The van der Waals surface area contributed by atoms with Crippen LogP contribution in [0, 0.1) is 6.92 Å². The highest BCUT2D eigenvalue weighted by Crippen LogP contribution is 2.37. The lowest BCUT2D eigenvalue weighted by atomic mass is 10.1. The number of carbonyl (C=O) groups is 1. The molecule has 0 aliphatic heterocycles. The van der Waals surface area contributed by atoms with Crippen molar-refractivity contribution in [1.29, 1.82) is 0 Å². The fraction of sp³-hybridized carbons (Fsp3) is 0.0714. The molecule has 0 bridgehead atoms. The predicted octanol–water partition coefficient (Wildman–Crippen LogP) is 7.45. The molecule has 0 aliphatic rings. The molecule has 10 heteroatoms. The summed E-state index contributed by atoms with van der Waals surface area (Å²) in [6.45, 7) is 2.04. The average Bonchev–Trinajstić information content (AvgIpc) is 3.62. The van der Waals surface area contributed by atoms with Crippen molar-refractivity contribution in [3.63, 3.8) is 0 Å². The molecule has 0 spiro atoms. The molecule has 5 rings (SSSR count). The lowest BCUT2D eigenvalue weighted by Gasteiger charge is -2.16. The van der Waals surface area contributed by atoms with Crippen LogP contribution in [0.25, 0.3) is 11.3 Å². The van der Waals surface area contributed by atoms with Gasteiger partial charge in [-0.2, -0.15) is 0 Å². The number of thiophene rings is 1. The highest BCUT2D eigenvalue weighted by atomic mass is 32.2. The molecule has 2 aromatic heterocycles. The summed E-state index contributed by atoms with van der Waals surface area (Å²) in [6.07, 6.45) is 0. The second-order valence-corrected chi connectivity index (χ2v) is 13.3. The fourth-order valence-electron chi connectivity index (χ4n) is 3.62. The number of hydrogen-bond acceptors (Lipinski definition) is 7. The number of nitrogens with one attached hydrogen (secondary N) is 2. The zero-order chi connectivity index (χ0) is 26.5. The molecule has 2 N–H and O–H groups in total. The van der Waals surface area contributed by atoms with Crippen molar-refractivity contribution < 1.29 is 13.2 Å². The Balaban J connectivity index is 1.31. The van der Waals surface area contributed by atoms with Gasteiger partial charge in [-0.25, -0.2) is 13.4 Å². The maximum absolute atomic E-state index is 13.4. The highest BCUT2D eigenvalue weighted by molar-refractivity contribution is 8.00. The van der Waals surface area contributed by atoms with Crippen LogP contribution < -0.4 is 10.0 Å². The standard InChI is InChI=1S/C28H23N3O3S4/c1-19-9-11-20(12-10-19)24-18-36-28(29-24)30-27(32)26(21-6-3-2-4-7-21)37-23-15-13-22(14-16-23)31-38(33,34)25-8-5-17-35-25/h2-18,26,31H,1H3,(H,29,30,32). The molecule has 1 atom stereocenters. The molecule has 0 saturated carbocycles. The van der Waals surface area contributed by atoms with Gasteiger partial charge in [0, 0.05) is 21.5 Å². The first-order valence-corrected chi connectivity index (χ1v) is 15.7. The van der Waals surface area contributed by atoms with Gasteiger partial charge in [0.1, 0.15) is 9.46 Å². The summed E-state index contributed by atoms with van der Waals surface area (Å²) >= 11 is 3.93. The van der Waals surface area contributed by atoms with Gasteiger partial charge in [0.25, 0.3) is 10.0 Å². The fourth-order valence-corrected chi connectivity index (χ4v) is 7.42. The molecular formula is C28H23N3O3S4. The van der Waals surface area contributed by atoms with E-state index in [1.54, 1.807) is 41.8 Å². The molecule has 1 amide bonds. The first-order chi connectivity index (χ1) is 18.4. The molecule has 0 saturated heterocycles. The number of aromatic nitrogens is 1. The molecule has 1 unspecified atom stereocenters. The van der Waals surface area contributed by atoms with Crippen molar-refractivity contribution in [2.45, 2.75) is 21.3 Å². The van der Waals surface area contributed by atoms with Gasteiger partial charge in [0.05, 0.1) is 5.69 Å². The number of amides is 1. The van der Waals surface area contributed by atoms with E-state index in [2.05, 4.69) is 15.0 Å². The third-order valence-electron chi connectivity index (χ3n) is 5.54. The highest BCUT2D eigenvalue weighted by Gasteiger charge is 2.23. The maximum atomic E-state index is 13.4. The number of thioether (sulfide) groups is 1. The maximum Gasteiger partial charge on any atom is 0.271 e. The Morgan fingerprint density at radius 3 is 2.32 bits per heavy atom. The molecule has 5 aromatic rings. The van der Waals surface area contributed by atoms with Crippen LogP contribution in [-0.4, -0.2) is 19.3 Å². The van der Waals surface area contributed by atoms with Crippen molar-refractivity contribution in [2.24, 2.45) is 0 Å². The number of anilines is 2. The van der Waals surface area contributed by atoms with E-state index in [0.29, 0.717) is 10.8 Å². The molecule has 0 aliphatic carbocycles. The topological polar surface area (TPSA) is 88.2 Å². The second kappa shape index (κ2) is 11.5. The Kier molecular flexibility index (Phi) is 7.94. The summed E-state index contributed by atoms with van der Waals surface area (Å²) in [5.74, 6) is -0.187. The van der Waals surface area contributed by atoms with Gasteiger partial charge in [0.15, 0.2) is 5.13 Å². The van der Waals surface area contributed by atoms with Crippen molar-refractivity contribution >= 4 is 61.2 Å². The zero-order valence-electron chi connectivity index (χ0n) is 20.2. The summed E-state index contributed by atoms with van der Waals surface area (Å²) in [5, 5.41) is 6.63. The van der Waals surface area contributed by atoms with E-state index in [-0.39, 0.29) is 10.1 Å². The predicted molar refractivity (Wildman–Crippen MR) is 158 cm³/mol. The monoisotopic (exact) mass is 577 g/mol. The number of sulfonamides is 1. The number of benzene rings is 3. The van der Waals surface area contributed by atoms with E-state index in [9.17, 15) is 13.2 Å². The molecule has 0 radical (unpaired) electrons. The molecule has 38 heavy (non-hydrogen) atoms. The first kappa shape index (κ1) is 26.2. The van der Waals surface area contributed by atoms with Crippen LogP contribution in [0.15, 0.2) is 111 Å². The first-order valence-electron chi connectivity index (χ1n) is 11.6. The molecular weight excluding hydrogens is 555 g/mol. The number of thiazole rings is 1. The van der Waals surface area contributed by atoms with Crippen LogP contribution in [0.5, 0.6) is 0 Å². The van der Waals surface area contributed by atoms with Crippen LogP contribution in [0.4, 0.5) is 10.8 Å². The van der Waals surface area contributed by atoms with Crippen molar-refractivity contribution in [1.82, 2.24) is 4.98 Å². The number of nitrogens with zero attached hydrogens (tertiary/aromatic N) is 1. The van der Waals surface area contributed by atoms with Crippen LogP contribution >= 0.6 is 34.4 Å². The van der Waals surface area contributed by atoms with E-state index < -0.39 is 15.3 Å². The number of rotatable bonds is 9. The lowest BCUT2D eigenvalue weighted by Crippen LogP contribution is -2.19. The summed E-state index contributed by atoms with van der Waals surface area (Å²) < 4.78 is 27.9. The lowest BCUT2D eigenvalue weighted by molar-refractivity contribution is -0.115. The minimum absolute atomic E-state index is 0.187. The van der Waals surface area contributed by atoms with E-state index in [4.69, 9.17) is 0 Å². The number of carbonyl (C=O) groups excluding carboxylic acids is 1. The summed E-state index contributed by atoms with van der Waals surface area (Å²) in [4.78, 5) is 18.9. The van der Waals surface area contributed by atoms with Crippen molar-refractivity contribution in [3.8, 4) is 11.3 Å². The van der Waals surface area contributed by atoms with Gasteiger partial charge in [-0.3, -0.25) is 9.52 Å². The van der Waals surface area contributed by atoms with Gasteiger partial charge in [-0.1, -0.05) is 66.2 Å². The number of hydrogen-bond donors (Lipinski definition) is 2. The van der Waals surface area contributed by atoms with Gasteiger partial charge in [-0.05, 0) is 48.2 Å². The summed E-state index contributed by atoms with van der Waals surface area (Å²) in [7, 11) is -3.63. The molecule has 192 valence electrons. The second-order valence-electron chi connectivity index (χ2n) is 8.36. The van der Waals surface area contributed by atoms with Gasteiger partial charge < -0.3 is 5.32 Å². The van der Waals surface area contributed by atoms with Crippen LogP contribution in [0.3, 0.4) is 0 Å². The van der Waals surface area contributed by atoms with Gasteiger partial charge in [0.2, 0.25) is 5.91 Å². The van der Waals surface area contributed by atoms with E-state index in [1.807, 2.05) is 66.9 Å². The molecule has 3 aromatic carbocycles. The summed E-state index contributed by atoms with van der Waals surface area (Å²) in [5.41, 5.74) is 4.29. The smallest absolute Gasteiger partial charge is 0.271 e. The Hall–Kier alpha value is -3.44. The van der Waals surface area contributed by atoms with Gasteiger partial charge >= 0.3 is 0 Å². The average molecular weight is 578 g/mol. The SMILES string of the molecule is Cc1ccc(-c2csc(NC(=O)C(Sc3ccc(NS(=O)(=O)c4cccs4)cc3)c3ccccc3)n2)cc1. The summed E-state index contributed by atoms with van der Waals surface area (Å²) in [6, 6.07) is 27.9. The van der Waals surface area contributed by atoms with Gasteiger partial charge in [-0.15, -0.1) is 34.4 Å². The normalized spacial score (nSPS) is 12.1. The van der Waals surface area contributed by atoms with Crippen LogP contribution in [0.2, 0.25) is 0 Å². The quantitative estimate of drug-likeness (QED) is 0.178. The van der Waals surface area contributed by atoms with Crippen LogP contribution in [-0.2, 0) is 14.8 Å². The largest absolute Gasteiger partial charge is 0.301 e. The van der Waals surface area contributed by atoms with E-state index in [1.165, 1.54) is 28.7 Å². The third-order valence-corrected chi connectivity index (χ3v) is 10.3. The Morgan fingerprint density at radius 1 is 0.895 bits per heavy atom. The molecule has 2 heterocycles. The molecule has 0 fully saturated rings.